The van der Waals surface area contributed by atoms with Crippen molar-refractivity contribution in [3.8, 4) is 17.2 Å². The first kappa shape index (κ1) is 21.5. The normalized spacial score (nSPS) is 20.6. The van der Waals surface area contributed by atoms with Gasteiger partial charge in [-0.25, -0.2) is 4.79 Å². The molecule has 0 spiro atoms. The van der Waals surface area contributed by atoms with Crippen molar-refractivity contribution >= 4 is 35.8 Å². The number of carboxylic acids is 1. The van der Waals surface area contributed by atoms with E-state index >= 15 is 0 Å². The topological polar surface area (TPSA) is 135 Å². The monoisotopic (exact) mass is 436 g/mol. The van der Waals surface area contributed by atoms with Gasteiger partial charge in [-0.05, 0) is 0 Å². The first-order valence-electron chi connectivity index (χ1n) is 8.80. The third kappa shape index (κ3) is 3.92. The van der Waals surface area contributed by atoms with Crippen molar-refractivity contribution in [2.24, 2.45) is 4.99 Å². The van der Waals surface area contributed by atoms with Crippen LogP contribution in [0.25, 0.3) is 0 Å². The molecule has 1 aromatic rings. The number of aliphatic imine (C=N–C) groups is 1. The predicted octanol–water partition coefficient (Wildman–Crippen LogP) is 1.01. The standard InChI is InChI=1S/C19H20N2O8S/c1-9(22)29-7-10-8-30-18-15(17(24)21(18)16(10)19(25)26)20-6-12-13(23)4-11(27-2)5-14(12)28-3/h4-6,15,18,23H,7-8H2,1-3H3,(H,25,26)/t15-,18-/m1/s1. The van der Waals surface area contributed by atoms with Crippen LogP contribution in [0.4, 0.5) is 0 Å². The second-order valence-corrected chi connectivity index (χ2v) is 7.54. The molecule has 30 heavy (non-hydrogen) atoms. The van der Waals surface area contributed by atoms with Gasteiger partial charge in [0.25, 0.3) is 5.91 Å². The number of rotatable bonds is 7. The maximum Gasteiger partial charge on any atom is 0.352 e. The fraction of sp³-hybridized carbons (Fsp3) is 0.368. The van der Waals surface area contributed by atoms with Crippen LogP contribution in [0.3, 0.4) is 0 Å². The van der Waals surface area contributed by atoms with E-state index in [1.165, 1.54) is 45.2 Å². The van der Waals surface area contributed by atoms with Gasteiger partial charge in [0.1, 0.15) is 34.9 Å². The summed E-state index contributed by atoms with van der Waals surface area (Å²) >= 11 is 1.33. The maximum absolute atomic E-state index is 12.6. The second-order valence-electron chi connectivity index (χ2n) is 6.43. The Morgan fingerprint density at radius 3 is 2.67 bits per heavy atom. The number of nitrogens with zero attached hydrogens (tertiary/aromatic N) is 2. The highest BCUT2D eigenvalue weighted by molar-refractivity contribution is 8.00. The molecule has 2 atom stereocenters. The zero-order chi connectivity index (χ0) is 22.0. The molecule has 0 aromatic heterocycles. The number of phenolic OH excluding ortho intramolecular Hbond substituents is 1. The molecule has 160 valence electrons. The Morgan fingerprint density at radius 1 is 1.33 bits per heavy atom. The quantitative estimate of drug-likeness (QED) is 0.365. The highest BCUT2D eigenvalue weighted by atomic mass is 32.2. The molecular weight excluding hydrogens is 416 g/mol. The number of methoxy groups -OCH3 is 2. The van der Waals surface area contributed by atoms with Crippen LogP contribution in [0.2, 0.25) is 0 Å². The Kier molecular flexibility index (Phi) is 6.20. The number of β-lactam (4-membered cyclic amide) rings is 1. The van der Waals surface area contributed by atoms with Crippen molar-refractivity contribution in [3.63, 3.8) is 0 Å². The first-order chi connectivity index (χ1) is 14.3. The fourth-order valence-corrected chi connectivity index (χ4v) is 4.45. The largest absolute Gasteiger partial charge is 0.507 e. The molecule has 2 N–H and O–H groups in total. The number of carbonyl (C=O) groups excluding carboxylic acids is 2. The van der Waals surface area contributed by atoms with Crippen molar-refractivity contribution in [3.05, 3.63) is 29.0 Å². The van der Waals surface area contributed by atoms with Crippen LogP contribution in [0.5, 0.6) is 17.2 Å². The molecule has 1 aromatic carbocycles. The van der Waals surface area contributed by atoms with Crippen LogP contribution in [-0.2, 0) is 19.1 Å². The van der Waals surface area contributed by atoms with Gasteiger partial charge in [0.2, 0.25) is 0 Å². The van der Waals surface area contributed by atoms with Crippen molar-refractivity contribution in [1.82, 2.24) is 4.90 Å². The van der Waals surface area contributed by atoms with E-state index in [1.807, 2.05) is 0 Å². The third-order valence-electron chi connectivity index (χ3n) is 4.58. The number of ether oxygens (including phenoxy) is 3. The maximum atomic E-state index is 12.6. The zero-order valence-corrected chi connectivity index (χ0v) is 17.3. The van der Waals surface area contributed by atoms with Gasteiger partial charge in [0.05, 0.1) is 19.8 Å². The SMILES string of the molecule is COc1cc(O)c(C=N[C@@H]2C(=O)N3C(C(=O)O)=C(COC(C)=O)CS[C@H]23)c(OC)c1. The number of thioether (sulfide) groups is 1. The summed E-state index contributed by atoms with van der Waals surface area (Å²) in [7, 11) is 2.88. The van der Waals surface area contributed by atoms with Crippen LogP contribution in [0.1, 0.15) is 12.5 Å². The number of aliphatic carboxylic acids is 1. The number of hydrogen-bond donors (Lipinski definition) is 2. The molecule has 1 saturated heterocycles. The molecule has 10 nitrogen and oxygen atoms in total. The number of hydrogen-bond acceptors (Lipinski definition) is 9. The molecular formula is C19H20N2O8S. The third-order valence-corrected chi connectivity index (χ3v) is 5.91. The summed E-state index contributed by atoms with van der Waals surface area (Å²) in [4.78, 5) is 40.8. The lowest BCUT2D eigenvalue weighted by atomic mass is 10.0. The molecule has 2 heterocycles. The number of carboxylic acid groups (broad SMARTS) is 1. The molecule has 0 unspecified atom stereocenters. The molecule has 11 heteroatoms. The van der Waals surface area contributed by atoms with E-state index in [2.05, 4.69) is 4.99 Å². The number of aromatic hydroxyl groups is 1. The summed E-state index contributed by atoms with van der Waals surface area (Å²) < 4.78 is 15.2. The average molecular weight is 436 g/mol. The van der Waals surface area contributed by atoms with Crippen LogP contribution in [0, 0.1) is 0 Å². The van der Waals surface area contributed by atoms with Gasteiger partial charge in [0, 0.05) is 36.6 Å². The van der Waals surface area contributed by atoms with E-state index in [9.17, 15) is 24.6 Å². The summed E-state index contributed by atoms with van der Waals surface area (Å²) in [5.41, 5.74) is 0.445. The van der Waals surface area contributed by atoms with E-state index in [0.29, 0.717) is 17.1 Å². The first-order valence-corrected chi connectivity index (χ1v) is 9.84. The highest BCUT2D eigenvalue weighted by Gasteiger charge is 2.53. The summed E-state index contributed by atoms with van der Waals surface area (Å²) in [6.45, 7) is 1.04. The summed E-state index contributed by atoms with van der Waals surface area (Å²) in [5, 5.41) is 19.3. The zero-order valence-electron chi connectivity index (χ0n) is 16.4. The lowest BCUT2D eigenvalue weighted by Gasteiger charge is -2.47. The molecule has 0 bridgehead atoms. The van der Waals surface area contributed by atoms with Crippen LogP contribution in [-0.4, -0.2) is 77.2 Å². The number of benzene rings is 1. The minimum absolute atomic E-state index is 0.135. The number of fused-ring (bicyclic) bond motifs is 1. The van der Waals surface area contributed by atoms with Gasteiger partial charge in [0.15, 0.2) is 6.04 Å². The molecule has 1 fully saturated rings. The molecule has 0 saturated carbocycles. The Bertz CT molecular complexity index is 958. The van der Waals surface area contributed by atoms with Crippen molar-refractivity contribution < 1.29 is 38.8 Å². The Morgan fingerprint density at radius 2 is 2.07 bits per heavy atom. The second kappa shape index (κ2) is 8.66. The fourth-order valence-electron chi connectivity index (χ4n) is 3.13. The van der Waals surface area contributed by atoms with Crippen molar-refractivity contribution in [2.75, 3.05) is 26.6 Å². The Labute approximate surface area is 176 Å². The minimum Gasteiger partial charge on any atom is -0.507 e. The smallest absolute Gasteiger partial charge is 0.352 e. The lowest BCUT2D eigenvalue weighted by molar-refractivity contribution is -0.148. The van der Waals surface area contributed by atoms with Crippen LogP contribution >= 0.6 is 11.8 Å². The van der Waals surface area contributed by atoms with Gasteiger partial charge in [-0.15, -0.1) is 11.8 Å². The van der Waals surface area contributed by atoms with Gasteiger partial charge in [-0.2, -0.15) is 0 Å². The number of esters is 1. The summed E-state index contributed by atoms with van der Waals surface area (Å²) in [6.07, 6.45) is 1.33. The molecule has 3 rings (SSSR count). The molecule has 2 aliphatic heterocycles. The number of carbonyl (C=O) groups is 3. The lowest BCUT2D eigenvalue weighted by Crippen LogP contribution is -2.64. The Hall–Kier alpha value is -3.21. The van der Waals surface area contributed by atoms with Gasteiger partial charge < -0.3 is 24.4 Å². The molecule has 0 aliphatic carbocycles. The van der Waals surface area contributed by atoms with Gasteiger partial charge in [-0.3, -0.25) is 19.5 Å². The van der Waals surface area contributed by atoms with Gasteiger partial charge >= 0.3 is 11.9 Å². The van der Waals surface area contributed by atoms with E-state index in [-0.39, 0.29) is 29.4 Å². The predicted molar refractivity (Wildman–Crippen MR) is 107 cm³/mol. The average Bonchev–Trinajstić information content (AvgIpc) is 2.71. The number of amides is 1. The highest BCUT2D eigenvalue weighted by Crippen LogP contribution is 2.42. The summed E-state index contributed by atoms with van der Waals surface area (Å²) in [5.74, 6) is -1.44. The van der Waals surface area contributed by atoms with Crippen molar-refractivity contribution in [2.45, 2.75) is 18.3 Å². The van der Waals surface area contributed by atoms with Crippen LogP contribution < -0.4 is 9.47 Å². The van der Waals surface area contributed by atoms with Crippen LogP contribution in [0.15, 0.2) is 28.4 Å². The van der Waals surface area contributed by atoms with E-state index in [4.69, 9.17) is 14.2 Å². The van der Waals surface area contributed by atoms with Crippen molar-refractivity contribution in [1.29, 1.82) is 0 Å². The van der Waals surface area contributed by atoms with Gasteiger partial charge in [-0.1, -0.05) is 0 Å². The van der Waals surface area contributed by atoms with E-state index < -0.39 is 29.3 Å². The minimum atomic E-state index is -1.27. The number of phenols is 1. The molecule has 0 radical (unpaired) electrons. The molecule has 2 aliphatic rings. The van der Waals surface area contributed by atoms with E-state index in [1.54, 1.807) is 6.07 Å². The Balaban J connectivity index is 1.84. The molecule has 1 amide bonds. The summed E-state index contributed by atoms with van der Waals surface area (Å²) in [6, 6.07) is 2.14. The van der Waals surface area contributed by atoms with E-state index in [0.717, 1.165) is 4.90 Å².